The smallest absolute Gasteiger partial charge is 0.165 e. The Hall–Kier alpha value is -1.60. The largest absolute Gasteiger partial charge is 0.294 e. The summed E-state index contributed by atoms with van der Waals surface area (Å²) < 4.78 is 0. The normalized spacial score (nSPS) is 12.2. The maximum absolute atomic E-state index is 12.3. The summed E-state index contributed by atoms with van der Waals surface area (Å²) >= 11 is 6.21. The van der Waals surface area contributed by atoms with Crippen molar-refractivity contribution in [3.8, 4) is 0 Å². The monoisotopic (exact) mass is 272 g/mol. The van der Waals surface area contributed by atoms with Gasteiger partial charge in [-0.1, -0.05) is 61.0 Å². The molecular weight excluding hydrogens is 256 g/mol. The highest BCUT2D eigenvalue weighted by atomic mass is 35.5. The second kappa shape index (κ2) is 6.03. The van der Waals surface area contributed by atoms with Crippen LogP contribution < -0.4 is 0 Å². The molecule has 0 saturated heterocycles. The molecule has 0 amide bonds. The standard InChI is InChI=1S/C17H17ClO/c1-12-8-9-15(16(18)10-12)11-13(2)17(19)14-6-4-3-5-7-14/h3-10,13H,11H2,1-2H3. The minimum Gasteiger partial charge on any atom is -0.294 e. The highest BCUT2D eigenvalue weighted by Crippen LogP contribution is 2.22. The van der Waals surface area contributed by atoms with Gasteiger partial charge in [-0.2, -0.15) is 0 Å². The average Bonchev–Trinajstić information content (AvgIpc) is 2.42. The summed E-state index contributed by atoms with van der Waals surface area (Å²) in [6.07, 6.45) is 0.673. The first-order chi connectivity index (χ1) is 9.08. The third-order valence-corrected chi connectivity index (χ3v) is 3.59. The van der Waals surface area contributed by atoms with E-state index in [9.17, 15) is 4.79 Å². The molecule has 0 N–H and O–H groups in total. The fourth-order valence-electron chi connectivity index (χ4n) is 2.13. The van der Waals surface area contributed by atoms with E-state index >= 15 is 0 Å². The van der Waals surface area contributed by atoms with Crippen molar-refractivity contribution in [1.82, 2.24) is 0 Å². The summed E-state index contributed by atoms with van der Waals surface area (Å²) in [5, 5.41) is 0.743. The van der Waals surface area contributed by atoms with Crippen LogP contribution in [0.1, 0.15) is 28.4 Å². The lowest BCUT2D eigenvalue weighted by Crippen LogP contribution is -2.14. The number of carbonyl (C=O) groups is 1. The molecule has 2 rings (SSSR count). The molecule has 1 unspecified atom stereocenters. The Morgan fingerprint density at radius 3 is 2.47 bits per heavy atom. The Morgan fingerprint density at radius 1 is 1.16 bits per heavy atom. The zero-order chi connectivity index (χ0) is 13.8. The summed E-state index contributed by atoms with van der Waals surface area (Å²) in [6, 6.07) is 15.4. The fraction of sp³-hybridized carbons (Fsp3) is 0.235. The minimum absolute atomic E-state index is 0.0670. The SMILES string of the molecule is Cc1ccc(CC(C)C(=O)c2ccccc2)c(Cl)c1. The fourth-order valence-corrected chi connectivity index (χ4v) is 2.44. The molecule has 0 heterocycles. The predicted molar refractivity (Wildman–Crippen MR) is 79.8 cm³/mol. The van der Waals surface area contributed by atoms with Crippen molar-refractivity contribution in [2.45, 2.75) is 20.3 Å². The quantitative estimate of drug-likeness (QED) is 0.737. The first-order valence-corrected chi connectivity index (χ1v) is 6.80. The van der Waals surface area contributed by atoms with Crippen LogP contribution in [0.15, 0.2) is 48.5 Å². The number of carbonyl (C=O) groups excluding carboxylic acids is 1. The number of halogens is 1. The number of hydrogen-bond acceptors (Lipinski definition) is 1. The molecule has 1 nitrogen and oxygen atoms in total. The van der Waals surface area contributed by atoms with Crippen LogP contribution in [0, 0.1) is 12.8 Å². The van der Waals surface area contributed by atoms with Crippen molar-refractivity contribution in [2.24, 2.45) is 5.92 Å². The molecule has 0 aliphatic rings. The van der Waals surface area contributed by atoms with Gasteiger partial charge in [0.1, 0.15) is 0 Å². The van der Waals surface area contributed by atoms with Gasteiger partial charge in [-0.25, -0.2) is 0 Å². The van der Waals surface area contributed by atoms with Crippen molar-refractivity contribution < 1.29 is 4.79 Å². The van der Waals surface area contributed by atoms with E-state index in [0.29, 0.717) is 6.42 Å². The number of hydrogen-bond donors (Lipinski definition) is 0. The molecule has 2 aromatic rings. The lowest BCUT2D eigenvalue weighted by Gasteiger charge is -2.12. The van der Waals surface area contributed by atoms with E-state index in [4.69, 9.17) is 11.6 Å². The van der Waals surface area contributed by atoms with Gasteiger partial charge in [0, 0.05) is 16.5 Å². The van der Waals surface area contributed by atoms with Crippen LogP contribution in [0.4, 0.5) is 0 Å². The van der Waals surface area contributed by atoms with Gasteiger partial charge in [0.05, 0.1) is 0 Å². The molecule has 0 saturated carbocycles. The van der Waals surface area contributed by atoms with Gasteiger partial charge in [0.25, 0.3) is 0 Å². The summed E-state index contributed by atoms with van der Waals surface area (Å²) in [6.45, 7) is 3.96. The number of ketones is 1. The maximum Gasteiger partial charge on any atom is 0.165 e. The first kappa shape index (κ1) is 13.8. The van der Waals surface area contributed by atoms with E-state index in [-0.39, 0.29) is 11.7 Å². The van der Waals surface area contributed by atoms with Gasteiger partial charge in [0.15, 0.2) is 5.78 Å². The average molecular weight is 273 g/mol. The van der Waals surface area contributed by atoms with Crippen molar-refractivity contribution >= 4 is 17.4 Å². The molecule has 1 atom stereocenters. The minimum atomic E-state index is -0.0670. The molecule has 0 fully saturated rings. The van der Waals surface area contributed by atoms with E-state index in [1.807, 2.05) is 62.4 Å². The summed E-state index contributed by atoms with van der Waals surface area (Å²) in [5.74, 6) is 0.0971. The van der Waals surface area contributed by atoms with E-state index in [2.05, 4.69) is 0 Å². The van der Waals surface area contributed by atoms with Gasteiger partial charge in [0.2, 0.25) is 0 Å². The Labute approximate surface area is 119 Å². The highest BCUT2D eigenvalue weighted by Gasteiger charge is 2.16. The lowest BCUT2D eigenvalue weighted by atomic mass is 9.92. The lowest BCUT2D eigenvalue weighted by molar-refractivity contribution is 0.0929. The molecular formula is C17H17ClO. The van der Waals surface area contributed by atoms with Gasteiger partial charge in [-0.05, 0) is 30.5 Å². The zero-order valence-corrected chi connectivity index (χ0v) is 11.9. The van der Waals surface area contributed by atoms with Gasteiger partial charge in [-0.3, -0.25) is 4.79 Å². The molecule has 0 spiro atoms. The number of aryl methyl sites for hydroxylation is 1. The Bertz CT molecular complexity index is 575. The highest BCUT2D eigenvalue weighted by molar-refractivity contribution is 6.31. The number of rotatable bonds is 4. The van der Waals surface area contributed by atoms with E-state index in [1.165, 1.54) is 0 Å². The van der Waals surface area contributed by atoms with Crippen LogP contribution in [0.3, 0.4) is 0 Å². The van der Waals surface area contributed by atoms with E-state index in [0.717, 1.165) is 21.7 Å². The van der Waals surface area contributed by atoms with Crippen LogP contribution in [0.5, 0.6) is 0 Å². The Morgan fingerprint density at radius 2 is 1.84 bits per heavy atom. The van der Waals surface area contributed by atoms with Crippen LogP contribution in [-0.4, -0.2) is 5.78 Å². The van der Waals surface area contributed by atoms with Crippen molar-refractivity contribution in [2.75, 3.05) is 0 Å². The Balaban J connectivity index is 2.13. The zero-order valence-electron chi connectivity index (χ0n) is 11.2. The molecule has 98 valence electrons. The van der Waals surface area contributed by atoms with E-state index < -0.39 is 0 Å². The van der Waals surface area contributed by atoms with Gasteiger partial charge >= 0.3 is 0 Å². The maximum atomic E-state index is 12.3. The van der Waals surface area contributed by atoms with Crippen LogP contribution in [0.25, 0.3) is 0 Å². The Kier molecular flexibility index (Phi) is 4.39. The molecule has 0 radical (unpaired) electrons. The van der Waals surface area contributed by atoms with Crippen LogP contribution in [-0.2, 0) is 6.42 Å². The third-order valence-electron chi connectivity index (χ3n) is 3.24. The topological polar surface area (TPSA) is 17.1 Å². The van der Waals surface area contributed by atoms with Crippen molar-refractivity contribution in [3.63, 3.8) is 0 Å². The van der Waals surface area contributed by atoms with Crippen LogP contribution >= 0.6 is 11.6 Å². The molecule has 0 aliphatic carbocycles. The molecule has 2 heteroatoms. The number of benzene rings is 2. The van der Waals surface area contributed by atoms with Crippen molar-refractivity contribution in [1.29, 1.82) is 0 Å². The molecule has 0 bridgehead atoms. The van der Waals surface area contributed by atoms with Crippen LogP contribution in [0.2, 0.25) is 5.02 Å². The first-order valence-electron chi connectivity index (χ1n) is 6.42. The molecule has 0 aromatic heterocycles. The second-order valence-corrected chi connectivity index (χ2v) is 5.34. The summed E-state index contributed by atoms with van der Waals surface area (Å²) in [5.41, 5.74) is 2.93. The second-order valence-electron chi connectivity index (χ2n) is 4.93. The molecule has 19 heavy (non-hydrogen) atoms. The number of Topliss-reactive ketones (excluding diaryl/α,β-unsaturated/α-hetero) is 1. The molecule has 2 aromatic carbocycles. The van der Waals surface area contributed by atoms with Gasteiger partial charge < -0.3 is 0 Å². The summed E-state index contributed by atoms with van der Waals surface area (Å²) in [7, 11) is 0. The van der Waals surface area contributed by atoms with Crippen molar-refractivity contribution in [3.05, 3.63) is 70.2 Å². The predicted octanol–water partition coefficient (Wildman–Crippen LogP) is 4.71. The molecule has 0 aliphatic heterocycles. The van der Waals surface area contributed by atoms with Gasteiger partial charge in [-0.15, -0.1) is 0 Å². The summed E-state index contributed by atoms with van der Waals surface area (Å²) in [4.78, 5) is 12.3. The van der Waals surface area contributed by atoms with E-state index in [1.54, 1.807) is 0 Å². The third kappa shape index (κ3) is 3.45.